The van der Waals surface area contributed by atoms with Gasteiger partial charge in [0.1, 0.15) is 0 Å². The van der Waals surface area contributed by atoms with Gasteiger partial charge in [0.2, 0.25) is 10.0 Å². The molecule has 0 fully saturated rings. The molecule has 0 aliphatic rings. The van der Waals surface area contributed by atoms with E-state index in [1.54, 1.807) is 26.0 Å². The van der Waals surface area contributed by atoms with Crippen molar-refractivity contribution in [2.75, 3.05) is 13.2 Å². The highest BCUT2D eigenvalue weighted by atomic mass is 32.2. The lowest BCUT2D eigenvalue weighted by molar-refractivity contribution is 0.236. The number of rotatable bonds is 7. The fourth-order valence-electron chi connectivity index (χ4n) is 1.88. The minimum Gasteiger partial charge on any atom is -0.395 e. The first-order chi connectivity index (χ1) is 8.90. The van der Waals surface area contributed by atoms with Crippen LogP contribution < -0.4 is 5.73 Å². The van der Waals surface area contributed by atoms with E-state index >= 15 is 0 Å². The van der Waals surface area contributed by atoms with Gasteiger partial charge in [-0.1, -0.05) is 24.3 Å². The maximum absolute atomic E-state index is 12.3. The van der Waals surface area contributed by atoms with E-state index in [1.807, 2.05) is 12.1 Å². The Bertz CT molecular complexity index is 483. The van der Waals surface area contributed by atoms with Gasteiger partial charge in [0.25, 0.3) is 0 Å². The first-order valence-corrected chi connectivity index (χ1v) is 7.90. The van der Waals surface area contributed by atoms with Crippen molar-refractivity contribution >= 4 is 10.0 Å². The molecular weight excluding hydrogens is 264 g/mol. The first-order valence-electron chi connectivity index (χ1n) is 6.29. The highest BCUT2D eigenvalue weighted by Gasteiger charge is 2.24. The number of hydrogen-bond acceptors (Lipinski definition) is 4. The SMILES string of the molecule is CC(C)N(CCO)S(=O)(=O)Cc1ccc(CN)cc1. The number of hydrogen-bond donors (Lipinski definition) is 2. The van der Waals surface area contributed by atoms with Gasteiger partial charge in [-0.3, -0.25) is 0 Å². The molecule has 0 bridgehead atoms. The van der Waals surface area contributed by atoms with Gasteiger partial charge in [0.05, 0.1) is 12.4 Å². The van der Waals surface area contributed by atoms with Crippen molar-refractivity contribution in [1.29, 1.82) is 0 Å². The third-order valence-corrected chi connectivity index (χ3v) is 4.88. The summed E-state index contributed by atoms with van der Waals surface area (Å²) in [5, 5.41) is 8.96. The standard InChI is InChI=1S/C13H22N2O3S/c1-11(2)15(7-8-16)19(17,18)10-13-5-3-12(9-14)4-6-13/h3-6,11,16H,7-10,14H2,1-2H3. The van der Waals surface area contributed by atoms with E-state index in [0.29, 0.717) is 6.54 Å². The van der Waals surface area contributed by atoms with Crippen LogP contribution in [0.4, 0.5) is 0 Å². The molecule has 0 heterocycles. The zero-order chi connectivity index (χ0) is 14.5. The maximum Gasteiger partial charge on any atom is 0.218 e. The molecular formula is C13H22N2O3S. The molecule has 0 radical (unpaired) electrons. The van der Waals surface area contributed by atoms with E-state index in [2.05, 4.69) is 0 Å². The van der Waals surface area contributed by atoms with Crippen molar-refractivity contribution < 1.29 is 13.5 Å². The summed E-state index contributed by atoms with van der Waals surface area (Å²) >= 11 is 0. The Labute approximate surface area is 115 Å². The Balaban J connectivity index is 2.87. The lowest BCUT2D eigenvalue weighted by atomic mass is 10.1. The summed E-state index contributed by atoms with van der Waals surface area (Å²) < 4.78 is 25.9. The van der Waals surface area contributed by atoms with E-state index in [1.165, 1.54) is 4.31 Å². The predicted octanol–water partition coefficient (Wildman–Crippen LogP) is 0.678. The van der Waals surface area contributed by atoms with Crippen LogP contribution >= 0.6 is 0 Å². The molecule has 1 aromatic rings. The van der Waals surface area contributed by atoms with E-state index in [-0.39, 0.29) is 24.9 Å². The highest BCUT2D eigenvalue weighted by Crippen LogP contribution is 2.14. The van der Waals surface area contributed by atoms with Gasteiger partial charge in [-0.05, 0) is 25.0 Å². The first kappa shape index (κ1) is 16.1. The summed E-state index contributed by atoms with van der Waals surface area (Å²) in [5.74, 6) is -0.0595. The van der Waals surface area contributed by atoms with Crippen molar-refractivity contribution in [3.63, 3.8) is 0 Å². The molecule has 0 unspecified atom stereocenters. The molecule has 1 aromatic carbocycles. The maximum atomic E-state index is 12.3. The Hall–Kier alpha value is -0.950. The van der Waals surface area contributed by atoms with Crippen LogP contribution in [0.25, 0.3) is 0 Å². The fourth-order valence-corrected chi connectivity index (χ4v) is 3.66. The zero-order valence-electron chi connectivity index (χ0n) is 11.4. The highest BCUT2D eigenvalue weighted by molar-refractivity contribution is 7.88. The molecule has 6 heteroatoms. The van der Waals surface area contributed by atoms with Crippen LogP contribution in [0.3, 0.4) is 0 Å². The summed E-state index contributed by atoms with van der Waals surface area (Å²) in [7, 11) is -3.41. The molecule has 0 spiro atoms. The lowest BCUT2D eigenvalue weighted by Crippen LogP contribution is -2.39. The van der Waals surface area contributed by atoms with Crippen molar-refractivity contribution in [3.8, 4) is 0 Å². The second-order valence-electron chi connectivity index (χ2n) is 4.70. The van der Waals surface area contributed by atoms with Gasteiger partial charge in [-0.2, -0.15) is 4.31 Å². The number of nitrogens with zero attached hydrogens (tertiary/aromatic N) is 1. The third-order valence-electron chi connectivity index (χ3n) is 2.86. The third kappa shape index (κ3) is 4.58. The molecule has 0 saturated heterocycles. The summed E-state index contributed by atoms with van der Waals surface area (Å²) in [4.78, 5) is 0. The monoisotopic (exact) mass is 286 g/mol. The van der Waals surface area contributed by atoms with Gasteiger partial charge < -0.3 is 10.8 Å². The summed E-state index contributed by atoms with van der Waals surface area (Å²) in [5.41, 5.74) is 7.19. The summed E-state index contributed by atoms with van der Waals surface area (Å²) in [6.07, 6.45) is 0. The Kier molecular flexibility index (Phi) is 5.93. The van der Waals surface area contributed by atoms with E-state index in [4.69, 9.17) is 10.8 Å². The number of benzene rings is 1. The van der Waals surface area contributed by atoms with E-state index in [0.717, 1.165) is 11.1 Å². The van der Waals surface area contributed by atoms with E-state index < -0.39 is 10.0 Å². The number of aliphatic hydroxyl groups excluding tert-OH is 1. The molecule has 5 nitrogen and oxygen atoms in total. The lowest BCUT2D eigenvalue weighted by Gasteiger charge is -2.25. The minimum atomic E-state index is -3.41. The van der Waals surface area contributed by atoms with Crippen molar-refractivity contribution in [2.45, 2.75) is 32.2 Å². The second-order valence-corrected chi connectivity index (χ2v) is 6.63. The van der Waals surface area contributed by atoms with Crippen LogP contribution in [-0.4, -0.2) is 37.0 Å². The van der Waals surface area contributed by atoms with Crippen LogP contribution in [0, 0.1) is 0 Å². The van der Waals surface area contributed by atoms with Crippen molar-refractivity contribution in [2.24, 2.45) is 5.73 Å². The van der Waals surface area contributed by atoms with Crippen molar-refractivity contribution in [1.82, 2.24) is 4.31 Å². The molecule has 108 valence electrons. The molecule has 0 aromatic heterocycles. The van der Waals surface area contributed by atoms with Crippen LogP contribution in [0.15, 0.2) is 24.3 Å². The molecule has 0 amide bonds. The van der Waals surface area contributed by atoms with Crippen LogP contribution in [-0.2, 0) is 22.3 Å². The fraction of sp³-hybridized carbons (Fsp3) is 0.538. The molecule has 0 aliphatic carbocycles. The average molecular weight is 286 g/mol. The minimum absolute atomic E-state index is 0.0595. The van der Waals surface area contributed by atoms with Crippen LogP contribution in [0.2, 0.25) is 0 Å². The summed E-state index contributed by atoms with van der Waals surface area (Å²) in [6.45, 7) is 3.98. The van der Waals surface area contributed by atoms with Crippen LogP contribution in [0.5, 0.6) is 0 Å². The number of sulfonamides is 1. The van der Waals surface area contributed by atoms with Crippen molar-refractivity contribution in [3.05, 3.63) is 35.4 Å². The topological polar surface area (TPSA) is 83.6 Å². The molecule has 19 heavy (non-hydrogen) atoms. The predicted molar refractivity (Wildman–Crippen MR) is 75.9 cm³/mol. The van der Waals surface area contributed by atoms with Gasteiger partial charge in [-0.15, -0.1) is 0 Å². The van der Waals surface area contributed by atoms with Gasteiger partial charge >= 0.3 is 0 Å². The summed E-state index contributed by atoms with van der Waals surface area (Å²) in [6, 6.07) is 7.04. The van der Waals surface area contributed by atoms with Crippen LogP contribution in [0.1, 0.15) is 25.0 Å². The Morgan fingerprint density at radius 3 is 2.16 bits per heavy atom. The molecule has 0 atom stereocenters. The Morgan fingerprint density at radius 1 is 1.21 bits per heavy atom. The zero-order valence-corrected chi connectivity index (χ0v) is 12.2. The average Bonchev–Trinajstić information content (AvgIpc) is 2.35. The smallest absolute Gasteiger partial charge is 0.218 e. The molecule has 0 saturated carbocycles. The second kappa shape index (κ2) is 7.00. The quantitative estimate of drug-likeness (QED) is 0.772. The normalized spacial score (nSPS) is 12.3. The number of aliphatic hydroxyl groups is 1. The van der Waals surface area contributed by atoms with Gasteiger partial charge in [0.15, 0.2) is 0 Å². The Morgan fingerprint density at radius 2 is 1.74 bits per heavy atom. The van der Waals surface area contributed by atoms with Gasteiger partial charge in [0, 0.05) is 19.1 Å². The molecule has 3 N–H and O–H groups in total. The molecule has 1 rings (SSSR count). The largest absolute Gasteiger partial charge is 0.395 e. The molecule has 0 aliphatic heterocycles. The van der Waals surface area contributed by atoms with Gasteiger partial charge in [-0.25, -0.2) is 8.42 Å². The van der Waals surface area contributed by atoms with E-state index in [9.17, 15) is 8.42 Å². The number of nitrogens with two attached hydrogens (primary N) is 1.